The van der Waals surface area contributed by atoms with Gasteiger partial charge in [-0.05, 0) is 38.4 Å². The number of halogens is 1. The Morgan fingerprint density at radius 1 is 1.13 bits per heavy atom. The lowest BCUT2D eigenvalue weighted by Crippen LogP contribution is -2.59. The largest absolute Gasteiger partial charge is 0.448 e. The molecule has 2 aromatic heterocycles. The quantitative estimate of drug-likeness (QED) is 0.464. The van der Waals surface area contributed by atoms with Crippen molar-refractivity contribution in [2.45, 2.75) is 50.4 Å². The van der Waals surface area contributed by atoms with Crippen LogP contribution in [0.3, 0.4) is 0 Å². The van der Waals surface area contributed by atoms with E-state index in [1.165, 1.54) is 23.6 Å². The van der Waals surface area contributed by atoms with Gasteiger partial charge in [-0.25, -0.2) is 14.8 Å². The number of thiazole rings is 1. The molecule has 1 aliphatic carbocycles. The van der Waals surface area contributed by atoms with E-state index in [0.717, 1.165) is 30.1 Å². The number of nitrogens with one attached hydrogen (secondary N) is 3. The van der Waals surface area contributed by atoms with Crippen LogP contribution in [0.5, 0.6) is 0 Å². The van der Waals surface area contributed by atoms with Gasteiger partial charge in [-0.1, -0.05) is 11.6 Å². The standard InChI is InChI=1S/C24H28ClN7O5S/c1-31-7-6-16-18(12-31)38-23(29-16)22(35)28-17-10-14(32-8-9-37-24(32)36)3-4-15(17)27-20(33)21(34)30-19-5-2-13(25)11-26-19/h2,5,11,14-15,17H,3-4,6-10,12H2,1H3,(H,27,33)(H,28,35)(H,26,30,34)/t14-,15-,17+/m0/s1. The molecule has 3 N–H and O–H groups in total. The molecule has 5 rings (SSSR count). The van der Waals surface area contributed by atoms with Crippen LogP contribution in [0.2, 0.25) is 5.02 Å². The van der Waals surface area contributed by atoms with Gasteiger partial charge in [-0.2, -0.15) is 0 Å². The molecule has 4 amide bonds. The monoisotopic (exact) mass is 561 g/mol. The third-order valence-corrected chi connectivity index (χ3v) is 8.28. The van der Waals surface area contributed by atoms with Gasteiger partial charge in [0.1, 0.15) is 12.4 Å². The second-order valence-corrected chi connectivity index (χ2v) is 11.1. The minimum Gasteiger partial charge on any atom is -0.448 e. The summed E-state index contributed by atoms with van der Waals surface area (Å²) in [5.41, 5.74) is 0.942. The van der Waals surface area contributed by atoms with E-state index in [1.807, 2.05) is 7.05 Å². The fourth-order valence-electron chi connectivity index (χ4n) is 5.01. The van der Waals surface area contributed by atoms with E-state index in [0.29, 0.717) is 42.4 Å². The summed E-state index contributed by atoms with van der Waals surface area (Å²) >= 11 is 7.19. The molecule has 2 aromatic rings. The summed E-state index contributed by atoms with van der Waals surface area (Å²) in [7, 11) is 2.03. The molecule has 0 bridgehead atoms. The predicted octanol–water partition coefficient (Wildman–Crippen LogP) is 1.41. The highest BCUT2D eigenvalue weighted by Gasteiger charge is 2.39. The fraction of sp³-hybridized carbons (Fsp3) is 0.500. The van der Waals surface area contributed by atoms with Crippen molar-refractivity contribution in [3.05, 3.63) is 38.9 Å². The highest BCUT2D eigenvalue weighted by atomic mass is 35.5. The zero-order chi connectivity index (χ0) is 26.8. The van der Waals surface area contributed by atoms with Crippen molar-refractivity contribution in [2.24, 2.45) is 0 Å². The molecule has 0 aromatic carbocycles. The zero-order valence-electron chi connectivity index (χ0n) is 20.7. The molecule has 2 fully saturated rings. The van der Waals surface area contributed by atoms with Crippen molar-refractivity contribution in [2.75, 3.05) is 32.1 Å². The van der Waals surface area contributed by atoms with Crippen molar-refractivity contribution < 1.29 is 23.9 Å². The first-order chi connectivity index (χ1) is 18.3. The molecule has 202 valence electrons. The van der Waals surface area contributed by atoms with Crippen LogP contribution in [-0.2, 0) is 27.3 Å². The average molecular weight is 562 g/mol. The SMILES string of the molecule is CN1CCc2nc(C(=O)N[C@@H]3C[C@@H](N4CCOC4=O)CC[C@@H]3NC(=O)C(=O)Nc3ccc(Cl)cn3)sc2C1. The predicted molar refractivity (Wildman–Crippen MR) is 139 cm³/mol. The van der Waals surface area contributed by atoms with Crippen molar-refractivity contribution in [1.29, 1.82) is 0 Å². The van der Waals surface area contributed by atoms with E-state index < -0.39 is 23.9 Å². The molecular weight excluding hydrogens is 534 g/mol. The maximum atomic E-state index is 13.2. The Balaban J connectivity index is 1.28. The highest BCUT2D eigenvalue weighted by Crippen LogP contribution is 2.28. The number of amides is 4. The highest BCUT2D eigenvalue weighted by molar-refractivity contribution is 7.13. The molecule has 4 heterocycles. The number of aromatic nitrogens is 2. The number of likely N-dealkylation sites (N-methyl/N-ethyl adjacent to an activating group) is 1. The molecule has 14 heteroatoms. The molecule has 12 nitrogen and oxygen atoms in total. The number of ether oxygens (including phenoxy) is 1. The number of anilines is 1. The molecule has 1 saturated carbocycles. The summed E-state index contributed by atoms with van der Waals surface area (Å²) in [5, 5.41) is 8.98. The molecule has 1 saturated heterocycles. The Morgan fingerprint density at radius 2 is 1.97 bits per heavy atom. The molecule has 38 heavy (non-hydrogen) atoms. The average Bonchev–Trinajstić information content (AvgIpc) is 3.52. The topological polar surface area (TPSA) is 146 Å². The third-order valence-electron chi connectivity index (χ3n) is 6.98. The molecular formula is C24H28ClN7O5S. The molecule has 0 radical (unpaired) electrons. The Bertz CT molecular complexity index is 1240. The molecule has 2 aliphatic heterocycles. The molecule has 0 unspecified atom stereocenters. The second-order valence-electron chi connectivity index (χ2n) is 9.63. The fourth-order valence-corrected chi connectivity index (χ4v) is 6.21. The molecule has 3 aliphatic rings. The summed E-state index contributed by atoms with van der Waals surface area (Å²) in [4.78, 5) is 64.1. The summed E-state index contributed by atoms with van der Waals surface area (Å²) in [6, 6.07) is 1.83. The summed E-state index contributed by atoms with van der Waals surface area (Å²) < 4.78 is 5.10. The van der Waals surface area contributed by atoms with E-state index in [4.69, 9.17) is 16.3 Å². The van der Waals surface area contributed by atoms with Crippen molar-refractivity contribution in [3.8, 4) is 0 Å². The van der Waals surface area contributed by atoms with Gasteiger partial charge in [-0.3, -0.25) is 14.4 Å². The summed E-state index contributed by atoms with van der Waals surface area (Å²) in [6.07, 6.45) is 3.21. The van der Waals surface area contributed by atoms with Gasteiger partial charge >= 0.3 is 17.9 Å². The first kappa shape index (κ1) is 26.3. The van der Waals surface area contributed by atoms with Gasteiger partial charge in [0.2, 0.25) is 0 Å². The van der Waals surface area contributed by atoms with Gasteiger partial charge in [0.05, 0.1) is 23.3 Å². The van der Waals surface area contributed by atoms with Gasteiger partial charge in [-0.15, -0.1) is 11.3 Å². The lowest BCUT2D eigenvalue weighted by molar-refractivity contribution is -0.136. The van der Waals surface area contributed by atoms with Crippen LogP contribution in [0, 0.1) is 0 Å². The van der Waals surface area contributed by atoms with Crippen LogP contribution in [0.15, 0.2) is 18.3 Å². The minimum absolute atomic E-state index is 0.159. The first-order valence-electron chi connectivity index (χ1n) is 12.4. The summed E-state index contributed by atoms with van der Waals surface area (Å²) in [6.45, 7) is 2.43. The van der Waals surface area contributed by atoms with Gasteiger partial charge in [0.25, 0.3) is 5.91 Å². The van der Waals surface area contributed by atoms with Crippen LogP contribution in [0.1, 0.15) is 39.6 Å². The van der Waals surface area contributed by atoms with E-state index >= 15 is 0 Å². The second kappa shape index (κ2) is 11.2. The molecule has 0 spiro atoms. The van der Waals surface area contributed by atoms with Crippen LogP contribution in [0.25, 0.3) is 0 Å². The Kier molecular flexibility index (Phi) is 7.77. The number of hydrogen-bond acceptors (Lipinski definition) is 9. The van der Waals surface area contributed by atoms with Crippen LogP contribution in [0.4, 0.5) is 10.6 Å². The van der Waals surface area contributed by atoms with E-state index in [1.54, 1.807) is 11.0 Å². The maximum Gasteiger partial charge on any atom is 0.410 e. The number of carbonyl (C=O) groups is 4. The number of fused-ring (bicyclic) bond motifs is 1. The lowest BCUT2D eigenvalue weighted by Gasteiger charge is -2.39. The first-order valence-corrected chi connectivity index (χ1v) is 13.6. The Hall–Kier alpha value is -3.29. The minimum atomic E-state index is -0.883. The van der Waals surface area contributed by atoms with Crippen molar-refractivity contribution in [3.63, 3.8) is 0 Å². The normalized spacial score (nSPS) is 23.4. The Morgan fingerprint density at radius 3 is 2.71 bits per heavy atom. The van der Waals surface area contributed by atoms with Gasteiger partial charge in [0.15, 0.2) is 5.01 Å². The van der Waals surface area contributed by atoms with Crippen molar-refractivity contribution in [1.82, 2.24) is 30.4 Å². The van der Waals surface area contributed by atoms with E-state index in [2.05, 4.69) is 30.8 Å². The van der Waals surface area contributed by atoms with Gasteiger partial charge in [0, 0.05) is 42.7 Å². The summed E-state index contributed by atoms with van der Waals surface area (Å²) in [5.74, 6) is -1.88. The van der Waals surface area contributed by atoms with E-state index in [9.17, 15) is 19.2 Å². The van der Waals surface area contributed by atoms with Crippen LogP contribution in [-0.4, -0.2) is 88.5 Å². The number of carbonyl (C=O) groups excluding carboxylic acids is 4. The molecule has 3 atom stereocenters. The van der Waals surface area contributed by atoms with E-state index in [-0.39, 0.29) is 23.9 Å². The number of rotatable bonds is 5. The van der Waals surface area contributed by atoms with Crippen LogP contribution < -0.4 is 16.0 Å². The number of cyclic esters (lactones) is 1. The van der Waals surface area contributed by atoms with Gasteiger partial charge < -0.3 is 30.5 Å². The van der Waals surface area contributed by atoms with Crippen molar-refractivity contribution >= 4 is 52.6 Å². The Labute approximate surface area is 228 Å². The van der Waals surface area contributed by atoms with Crippen LogP contribution >= 0.6 is 22.9 Å². The maximum absolute atomic E-state index is 13.2. The number of nitrogens with zero attached hydrogens (tertiary/aromatic N) is 4. The smallest absolute Gasteiger partial charge is 0.410 e. The number of hydrogen-bond donors (Lipinski definition) is 3. The number of pyridine rings is 1. The lowest BCUT2D eigenvalue weighted by atomic mass is 9.85. The zero-order valence-corrected chi connectivity index (χ0v) is 22.3. The third kappa shape index (κ3) is 5.89.